The number of aliphatic hydroxyl groups is 1. The second-order valence-corrected chi connectivity index (χ2v) is 7.36. The molecule has 1 N–H and O–H groups in total. The molecule has 2 atom stereocenters. The summed E-state index contributed by atoms with van der Waals surface area (Å²) in [5.74, 6) is 0.228. The van der Waals surface area contributed by atoms with Gasteiger partial charge in [0.05, 0.1) is 12.7 Å². The molecule has 0 amide bonds. The van der Waals surface area contributed by atoms with Crippen molar-refractivity contribution in [2.45, 2.75) is 50.7 Å². The zero-order chi connectivity index (χ0) is 17.3. The van der Waals surface area contributed by atoms with Crippen LogP contribution in [-0.4, -0.2) is 11.1 Å². The summed E-state index contributed by atoms with van der Waals surface area (Å²) in [6.07, 6.45) is 7.11. The molecule has 4 heteroatoms. The summed E-state index contributed by atoms with van der Waals surface area (Å²) < 4.78 is 11.0. The first kappa shape index (κ1) is 16.4. The molecule has 1 aromatic carbocycles. The van der Waals surface area contributed by atoms with Crippen LogP contribution >= 0.6 is 0 Å². The van der Waals surface area contributed by atoms with Gasteiger partial charge < -0.3 is 14.3 Å². The molecule has 2 aliphatic carbocycles. The van der Waals surface area contributed by atoms with E-state index in [2.05, 4.69) is 0 Å². The number of hydrogen-bond acceptors (Lipinski definition) is 4. The summed E-state index contributed by atoms with van der Waals surface area (Å²) in [7, 11) is 0. The van der Waals surface area contributed by atoms with Gasteiger partial charge in [0.2, 0.25) is 0 Å². The third-order valence-electron chi connectivity index (χ3n) is 6.10. The third kappa shape index (κ3) is 2.69. The van der Waals surface area contributed by atoms with Crippen LogP contribution in [0.3, 0.4) is 0 Å². The number of ether oxygens (including phenoxy) is 1. The highest BCUT2D eigenvalue weighted by Gasteiger charge is 2.77. The Morgan fingerprint density at radius 1 is 1.12 bits per heavy atom. The number of esters is 1. The van der Waals surface area contributed by atoms with Gasteiger partial charge in [-0.2, -0.15) is 0 Å². The minimum absolute atomic E-state index is 0.116. The van der Waals surface area contributed by atoms with E-state index < -0.39 is 5.60 Å². The Labute approximate surface area is 147 Å². The molecule has 4 nitrogen and oxygen atoms in total. The summed E-state index contributed by atoms with van der Waals surface area (Å²) in [5.41, 5.74) is -0.280. The van der Waals surface area contributed by atoms with Crippen molar-refractivity contribution in [1.82, 2.24) is 0 Å². The molecule has 2 aromatic rings. The number of carbonyl (C=O) groups is 1. The maximum Gasteiger partial charge on any atom is 0.306 e. The van der Waals surface area contributed by atoms with E-state index in [1.807, 2.05) is 36.4 Å². The summed E-state index contributed by atoms with van der Waals surface area (Å²) in [4.78, 5) is 12.4. The van der Waals surface area contributed by atoms with E-state index in [1.54, 1.807) is 12.3 Å². The zero-order valence-electron chi connectivity index (χ0n) is 14.3. The lowest BCUT2D eigenvalue weighted by Crippen LogP contribution is -2.20. The smallest absolute Gasteiger partial charge is 0.306 e. The first-order valence-corrected chi connectivity index (χ1v) is 9.13. The Morgan fingerprint density at radius 2 is 1.88 bits per heavy atom. The molecule has 1 heterocycles. The molecular weight excluding hydrogens is 316 g/mol. The van der Waals surface area contributed by atoms with Crippen molar-refractivity contribution < 1.29 is 19.1 Å². The largest absolute Gasteiger partial charge is 0.466 e. The van der Waals surface area contributed by atoms with E-state index in [0.717, 1.165) is 31.2 Å². The highest BCUT2D eigenvalue weighted by Crippen LogP contribution is 2.75. The summed E-state index contributed by atoms with van der Waals surface area (Å²) in [6.45, 7) is 0.276. The molecule has 132 valence electrons. The maximum absolute atomic E-state index is 12.4. The molecule has 25 heavy (non-hydrogen) atoms. The van der Waals surface area contributed by atoms with E-state index in [1.165, 1.54) is 6.42 Å². The van der Waals surface area contributed by atoms with Gasteiger partial charge in [0, 0.05) is 11.3 Å². The van der Waals surface area contributed by atoms with E-state index in [0.29, 0.717) is 5.76 Å². The first-order valence-electron chi connectivity index (χ1n) is 9.13. The Hall–Kier alpha value is -2.07. The van der Waals surface area contributed by atoms with E-state index in [4.69, 9.17) is 9.15 Å². The third-order valence-corrected chi connectivity index (χ3v) is 6.10. The molecule has 0 unspecified atom stereocenters. The van der Waals surface area contributed by atoms with Crippen LogP contribution in [0.4, 0.5) is 0 Å². The van der Waals surface area contributed by atoms with E-state index in [9.17, 15) is 9.90 Å². The Balaban J connectivity index is 1.46. The van der Waals surface area contributed by atoms with Crippen molar-refractivity contribution in [3.8, 4) is 0 Å². The first-order chi connectivity index (χ1) is 12.2. The van der Waals surface area contributed by atoms with Crippen LogP contribution in [-0.2, 0) is 21.7 Å². The predicted molar refractivity (Wildman–Crippen MR) is 92.5 cm³/mol. The quantitative estimate of drug-likeness (QED) is 0.830. The molecule has 0 saturated heterocycles. The average Bonchev–Trinajstić information content (AvgIpc) is 3.05. The predicted octanol–water partition coefficient (Wildman–Crippen LogP) is 4.18. The van der Waals surface area contributed by atoms with E-state index in [-0.39, 0.29) is 30.3 Å². The molecular formula is C21H24O4. The molecule has 1 aromatic heterocycles. The van der Waals surface area contributed by atoms with Gasteiger partial charge in [-0.15, -0.1) is 0 Å². The van der Waals surface area contributed by atoms with Crippen LogP contribution < -0.4 is 0 Å². The van der Waals surface area contributed by atoms with Crippen molar-refractivity contribution in [2.24, 2.45) is 11.3 Å². The highest BCUT2D eigenvalue weighted by molar-refractivity contribution is 5.71. The average molecular weight is 340 g/mol. The zero-order valence-corrected chi connectivity index (χ0v) is 14.3. The van der Waals surface area contributed by atoms with Crippen molar-refractivity contribution in [3.63, 3.8) is 0 Å². The summed E-state index contributed by atoms with van der Waals surface area (Å²) in [6, 6.07) is 13.3. The monoisotopic (exact) mass is 340 g/mol. The molecule has 2 aliphatic rings. The molecule has 0 radical (unpaired) electrons. The molecule has 4 rings (SSSR count). The number of furan rings is 1. The number of carbonyl (C=O) groups excluding carboxylic acids is 1. The fourth-order valence-corrected chi connectivity index (χ4v) is 4.80. The van der Waals surface area contributed by atoms with Crippen molar-refractivity contribution in [1.29, 1.82) is 0 Å². The van der Waals surface area contributed by atoms with Crippen molar-refractivity contribution >= 4 is 5.97 Å². The molecule has 2 fully saturated rings. The maximum atomic E-state index is 12.4. The Bertz CT molecular complexity index is 716. The molecule has 1 spiro atoms. The SMILES string of the molecule is O=C(C[C@@H]1C2(CCCCC2)[C@]1(O)c1ccco1)OCc1ccccc1. The standard InChI is InChI=1S/C21H24O4/c22-19(25-15-16-8-3-1-4-9-16)14-17-20(11-5-2-6-12-20)21(17,23)18-10-7-13-24-18/h1,3-4,7-10,13,17,23H,2,5-6,11-12,14-15H2/t17-,21-/m1/s1. The highest BCUT2D eigenvalue weighted by atomic mass is 16.5. The lowest BCUT2D eigenvalue weighted by atomic mass is 9.81. The topological polar surface area (TPSA) is 59.7 Å². The Kier molecular flexibility index (Phi) is 4.16. The van der Waals surface area contributed by atoms with Gasteiger partial charge in [0.15, 0.2) is 0 Å². The van der Waals surface area contributed by atoms with Crippen LogP contribution in [0.15, 0.2) is 53.1 Å². The van der Waals surface area contributed by atoms with Gasteiger partial charge >= 0.3 is 5.97 Å². The number of benzene rings is 1. The second kappa shape index (κ2) is 6.34. The van der Waals surface area contributed by atoms with Crippen molar-refractivity contribution in [2.75, 3.05) is 0 Å². The van der Waals surface area contributed by atoms with Gasteiger partial charge in [-0.25, -0.2) is 0 Å². The minimum atomic E-state index is -1.03. The minimum Gasteiger partial charge on any atom is -0.466 e. The van der Waals surface area contributed by atoms with Gasteiger partial charge in [0.1, 0.15) is 18.0 Å². The van der Waals surface area contributed by atoms with E-state index >= 15 is 0 Å². The summed E-state index contributed by atoms with van der Waals surface area (Å²) >= 11 is 0. The number of rotatable bonds is 5. The summed E-state index contributed by atoms with van der Waals surface area (Å²) in [5, 5.41) is 11.4. The van der Waals surface area contributed by atoms with Gasteiger partial charge in [-0.1, -0.05) is 49.6 Å². The van der Waals surface area contributed by atoms with Gasteiger partial charge in [-0.3, -0.25) is 4.79 Å². The van der Waals surface area contributed by atoms with Crippen LogP contribution in [0.25, 0.3) is 0 Å². The van der Waals surface area contributed by atoms with Crippen LogP contribution in [0.1, 0.15) is 49.8 Å². The van der Waals surface area contributed by atoms with Gasteiger partial charge in [0.25, 0.3) is 0 Å². The number of hydrogen-bond donors (Lipinski definition) is 1. The lowest BCUT2D eigenvalue weighted by Gasteiger charge is -2.25. The second-order valence-electron chi connectivity index (χ2n) is 7.36. The van der Waals surface area contributed by atoms with Crippen LogP contribution in [0.5, 0.6) is 0 Å². The molecule has 2 saturated carbocycles. The lowest BCUT2D eigenvalue weighted by molar-refractivity contribution is -0.146. The normalized spacial score (nSPS) is 27.2. The molecule has 0 aliphatic heterocycles. The van der Waals surface area contributed by atoms with Gasteiger partial charge in [-0.05, 0) is 30.5 Å². The van der Waals surface area contributed by atoms with Crippen LogP contribution in [0.2, 0.25) is 0 Å². The molecule has 0 bridgehead atoms. The van der Waals surface area contributed by atoms with Crippen LogP contribution in [0, 0.1) is 11.3 Å². The fraction of sp³-hybridized carbons (Fsp3) is 0.476. The van der Waals surface area contributed by atoms with Crippen molar-refractivity contribution in [3.05, 3.63) is 60.1 Å². The Morgan fingerprint density at radius 3 is 2.56 bits per heavy atom. The fourth-order valence-electron chi connectivity index (χ4n) is 4.80.